The number of hydrogen-bond acceptors (Lipinski definition) is 4. The summed E-state index contributed by atoms with van der Waals surface area (Å²) in [5.41, 5.74) is 0.197. The molecule has 0 aliphatic heterocycles. The first-order valence-electron chi connectivity index (χ1n) is 9.11. The smallest absolute Gasteiger partial charge is 0.422 e. The fourth-order valence-corrected chi connectivity index (χ4v) is 2.82. The van der Waals surface area contributed by atoms with Crippen molar-refractivity contribution in [1.29, 1.82) is 5.26 Å². The number of ether oxygens (including phenoxy) is 1. The number of nitrogens with one attached hydrogen (secondary N) is 2. The topological polar surface area (TPSA) is 91.2 Å². The zero-order valence-electron chi connectivity index (χ0n) is 16.6. The molecule has 0 fully saturated rings. The maximum atomic E-state index is 12.7. The lowest BCUT2D eigenvalue weighted by Crippen LogP contribution is -2.47. The molecule has 0 heterocycles. The van der Waals surface area contributed by atoms with Gasteiger partial charge in [0.15, 0.2) is 6.61 Å². The first-order valence-corrected chi connectivity index (χ1v) is 9.49. The number of nitriles is 1. The molecule has 1 unspecified atom stereocenters. The minimum atomic E-state index is -4.55. The van der Waals surface area contributed by atoms with Gasteiger partial charge in [-0.3, -0.25) is 9.59 Å². The number of carbonyl (C=O) groups excluding carboxylic acids is 2. The number of anilines is 1. The van der Waals surface area contributed by atoms with Crippen LogP contribution in [0.15, 0.2) is 42.5 Å². The van der Waals surface area contributed by atoms with Crippen LogP contribution in [0.1, 0.15) is 29.8 Å². The van der Waals surface area contributed by atoms with Crippen LogP contribution >= 0.6 is 11.6 Å². The van der Waals surface area contributed by atoms with Crippen LogP contribution in [-0.2, 0) is 4.79 Å². The fourth-order valence-electron chi connectivity index (χ4n) is 2.60. The van der Waals surface area contributed by atoms with Crippen molar-refractivity contribution < 1.29 is 27.5 Å². The highest BCUT2D eigenvalue weighted by molar-refractivity contribution is 6.33. The Labute approximate surface area is 182 Å². The van der Waals surface area contributed by atoms with Crippen molar-refractivity contribution in [2.24, 2.45) is 5.92 Å². The quantitative estimate of drug-likeness (QED) is 0.643. The predicted molar refractivity (Wildman–Crippen MR) is 109 cm³/mol. The van der Waals surface area contributed by atoms with Gasteiger partial charge < -0.3 is 15.4 Å². The van der Waals surface area contributed by atoms with Gasteiger partial charge in [-0.15, -0.1) is 0 Å². The molecule has 1 atom stereocenters. The van der Waals surface area contributed by atoms with Crippen molar-refractivity contribution in [3.05, 3.63) is 58.6 Å². The summed E-state index contributed by atoms with van der Waals surface area (Å²) in [6.07, 6.45) is -4.55. The minimum Gasteiger partial charge on any atom is -0.483 e. The van der Waals surface area contributed by atoms with E-state index in [0.29, 0.717) is 0 Å². The molecular weight excluding hydrogens is 435 g/mol. The molecule has 2 amide bonds. The minimum absolute atomic E-state index is 0.165. The Hall–Kier alpha value is -3.25. The predicted octanol–water partition coefficient (Wildman–Crippen LogP) is 4.55. The van der Waals surface area contributed by atoms with E-state index >= 15 is 0 Å². The summed E-state index contributed by atoms with van der Waals surface area (Å²) < 4.78 is 41.6. The van der Waals surface area contributed by atoms with E-state index in [1.807, 2.05) is 0 Å². The highest BCUT2D eigenvalue weighted by Crippen LogP contribution is 2.25. The lowest BCUT2D eigenvalue weighted by atomic mass is 10.0. The van der Waals surface area contributed by atoms with E-state index in [1.54, 1.807) is 38.1 Å². The summed E-state index contributed by atoms with van der Waals surface area (Å²) in [4.78, 5) is 25.2. The molecule has 0 aliphatic rings. The van der Waals surface area contributed by atoms with E-state index in [4.69, 9.17) is 11.6 Å². The summed E-state index contributed by atoms with van der Waals surface area (Å²) in [5.74, 6) is -1.65. The highest BCUT2D eigenvalue weighted by atomic mass is 35.5. The molecule has 2 aromatic rings. The highest BCUT2D eigenvalue weighted by Gasteiger charge is 2.29. The number of benzene rings is 2. The average molecular weight is 454 g/mol. The molecule has 31 heavy (non-hydrogen) atoms. The van der Waals surface area contributed by atoms with E-state index in [2.05, 4.69) is 15.4 Å². The number of hydrogen-bond donors (Lipinski definition) is 2. The Kier molecular flexibility index (Phi) is 7.89. The van der Waals surface area contributed by atoms with E-state index in [0.717, 1.165) is 6.07 Å². The number of halogens is 4. The first kappa shape index (κ1) is 24.0. The van der Waals surface area contributed by atoms with Gasteiger partial charge in [-0.1, -0.05) is 37.6 Å². The lowest BCUT2D eigenvalue weighted by molar-refractivity contribution is -0.153. The van der Waals surface area contributed by atoms with Crippen LogP contribution in [0, 0.1) is 17.2 Å². The zero-order chi connectivity index (χ0) is 23.2. The van der Waals surface area contributed by atoms with Crippen molar-refractivity contribution in [3.63, 3.8) is 0 Å². The third-order valence-corrected chi connectivity index (χ3v) is 4.44. The van der Waals surface area contributed by atoms with Crippen molar-refractivity contribution in [2.75, 3.05) is 11.9 Å². The van der Waals surface area contributed by atoms with Gasteiger partial charge in [0.05, 0.1) is 16.1 Å². The van der Waals surface area contributed by atoms with Gasteiger partial charge in [-0.05, 0) is 36.2 Å². The zero-order valence-corrected chi connectivity index (χ0v) is 17.3. The maximum absolute atomic E-state index is 12.7. The van der Waals surface area contributed by atoms with E-state index in [-0.39, 0.29) is 33.5 Å². The normalized spacial score (nSPS) is 12.1. The van der Waals surface area contributed by atoms with Gasteiger partial charge in [-0.2, -0.15) is 18.4 Å². The van der Waals surface area contributed by atoms with Gasteiger partial charge in [0.25, 0.3) is 5.91 Å². The molecule has 0 spiro atoms. The molecule has 2 rings (SSSR count). The standard InChI is InChI=1S/C21H19ClF3N3O3/c1-12(2)18(28-19(29)15-5-3-4-6-16(15)22)20(30)27-14-7-8-17(13(9-14)10-26)31-11-21(23,24)25/h3-9,12,18H,11H2,1-2H3,(H,27,30)(H,28,29). The number of nitrogens with zero attached hydrogens (tertiary/aromatic N) is 1. The molecule has 0 radical (unpaired) electrons. The van der Waals surface area contributed by atoms with Crippen LogP contribution in [0.4, 0.5) is 18.9 Å². The Morgan fingerprint density at radius 3 is 2.45 bits per heavy atom. The Morgan fingerprint density at radius 1 is 1.19 bits per heavy atom. The van der Waals surface area contributed by atoms with Crippen LogP contribution in [0.3, 0.4) is 0 Å². The molecule has 10 heteroatoms. The monoisotopic (exact) mass is 453 g/mol. The third-order valence-electron chi connectivity index (χ3n) is 4.11. The molecule has 0 saturated heterocycles. The average Bonchev–Trinajstić information content (AvgIpc) is 2.70. The van der Waals surface area contributed by atoms with Gasteiger partial charge >= 0.3 is 6.18 Å². The number of amides is 2. The molecule has 0 aliphatic carbocycles. The van der Waals surface area contributed by atoms with Gasteiger partial charge in [0, 0.05) is 5.69 Å². The van der Waals surface area contributed by atoms with Crippen molar-refractivity contribution in [2.45, 2.75) is 26.1 Å². The van der Waals surface area contributed by atoms with Crippen LogP contribution in [0.5, 0.6) is 5.75 Å². The molecule has 0 saturated carbocycles. The SMILES string of the molecule is CC(C)C(NC(=O)c1ccccc1Cl)C(=O)Nc1ccc(OCC(F)(F)F)c(C#N)c1. The summed E-state index contributed by atoms with van der Waals surface area (Å²) >= 11 is 6.02. The van der Waals surface area contributed by atoms with Crippen molar-refractivity contribution in [1.82, 2.24) is 5.32 Å². The van der Waals surface area contributed by atoms with Crippen molar-refractivity contribution >= 4 is 29.1 Å². The van der Waals surface area contributed by atoms with Crippen molar-refractivity contribution in [3.8, 4) is 11.8 Å². The molecule has 2 aromatic carbocycles. The second kappa shape index (κ2) is 10.2. The number of rotatable bonds is 7. The lowest BCUT2D eigenvalue weighted by Gasteiger charge is -2.22. The van der Waals surface area contributed by atoms with Crippen LogP contribution in [0.25, 0.3) is 0 Å². The molecule has 2 N–H and O–H groups in total. The number of carbonyl (C=O) groups is 2. The third kappa shape index (κ3) is 6.89. The Morgan fingerprint density at radius 2 is 1.87 bits per heavy atom. The van der Waals surface area contributed by atoms with E-state index < -0.39 is 30.6 Å². The molecule has 164 valence electrons. The van der Waals surface area contributed by atoms with Crippen LogP contribution < -0.4 is 15.4 Å². The summed E-state index contributed by atoms with van der Waals surface area (Å²) in [7, 11) is 0. The number of alkyl halides is 3. The summed E-state index contributed by atoms with van der Waals surface area (Å²) in [5, 5.41) is 14.6. The van der Waals surface area contributed by atoms with Gasteiger partial charge in [0.1, 0.15) is 17.9 Å². The molecule has 0 bridgehead atoms. The Bertz CT molecular complexity index is 1000. The van der Waals surface area contributed by atoms with E-state index in [9.17, 15) is 28.0 Å². The largest absolute Gasteiger partial charge is 0.483 e. The fraction of sp³-hybridized carbons (Fsp3) is 0.286. The maximum Gasteiger partial charge on any atom is 0.422 e. The second-order valence-electron chi connectivity index (χ2n) is 6.89. The molecular formula is C21H19ClF3N3O3. The van der Waals surface area contributed by atoms with Gasteiger partial charge in [-0.25, -0.2) is 0 Å². The summed E-state index contributed by atoms with van der Waals surface area (Å²) in [6, 6.07) is 10.8. The van der Waals surface area contributed by atoms with Gasteiger partial charge in [0.2, 0.25) is 5.91 Å². The Balaban J connectivity index is 2.14. The summed E-state index contributed by atoms with van der Waals surface area (Å²) in [6.45, 7) is 1.91. The van der Waals surface area contributed by atoms with Crippen LogP contribution in [0.2, 0.25) is 5.02 Å². The second-order valence-corrected chi connectivity index (χ2v) is 7.30. The molecule has 6 nitrogen and oxygen atoms in total. The van der Waals surface area contributed by atoms with E-state index in [1.165, 1.54) is 18.2 Å². The first-order chi connectivity index (χ1) is 14.5. The molecule has 0 aromatic heterocycles. The van der Waals surface area contributed by atoms with Crippen LogP contribution in [-0.4, -0.2) is 30.6 Å².